The maximum absolute atomic E-state index is 11.4. The van der Waals surface area contributed by atoms with Crippen LogP contribution in [0.3, 0.4) is 0 Å². The molecule has 15 heavy (non-hydrogen) atoms. The van der Waals surface area contributed by atoms with Gasteiger partial charge in [-0.2, -0.15) is 0 Å². The van der Waals surface area contributed by atoms with Gasteiger partial charge in [0.25, 0.3) is 0 Å². The highest BCUT2D eigenvalue weighted by Crippen LogP contribution is 2.38. The minimum absolute atomic E-state index is 0.157. The van der Waals surface area contributed by atoms with Crippen molar-refractivity contribution in [3.63, 3.8) is 0 Å². The molecule has 0 amide bonds. The molecule has 0 radical (unpaired) electrons. The van der Waals surface area contributed by atoms with Crippen molar-refractivity contribution in [3.05, 3.63) is 29.3 Å². The first-order valence-corrected chi connectivity index (χ1v) is 7.56. The van der Waals surface area contributed by atoms with Crippen LogP contribution in [0.25, 0.3) is 0 Å². The van der Waals surface area contributed by atoms with Crippen LogP contribution >= 0.6 is 19.2 Å². The summed E-state index contributed by atoms with van der Waals surface area (Å²) in [4.78, 5) is 17.0. The van der Waals surface area contributed by atoms with Crippen LogP contribution in [0.2, 0.25) is 5.02 Å². The maximum atomic E-state index is 11.4. The smallest absolute Gasteiger partial charge is 0.324 e. The van der Waals surface area contributed by atoms with Crippen LogP contribution in [-0.2, 0) is 14.4 Å². The summed E-state index contributed by atoms with van der Waals surface area (Å²) in [6.45, 7) is 0. The minimum Gasteiger partial charge on any atom is -0.324 e. The normalized spacial score (nSPS) is 12.7. The lowest BCUT2D eigenvalue weighted by Gasteiger charge is -2.05. The van der Waals surface area contributed by atoms with Crippen molar-refractivity contribution in [1.82, 2.24) is 0 Å². The van der Waals surface area contributed by atoms with Crippen LogP contribution in [-0.4, -0.2) is 23.7 Å². The average Bonchev–Trinajstić information content (AvgIpc) is 2.00. The number of hydrogen-bond donors (Lipinski definition) is 2. The van der Waals surface area contributed by atoms with Gasteiger partial charge in [0.1, 0.15) is 0 Å². The van der Waals surface area contributed by atoms with Gasteiger partial charge in [-0.05, 0) is 24.3 Å². The summed E-state index contributed by atoms with van der Waals surface area (Å²) in [5, 5.41) is 0.352. The molecule has 1 rings (SSSR count). The summed E-state index contributed by atoms with van der Waals surface area (Å²) in [6, 6.07) is 5.09. The number of sulfone groups is 1. The van der Waals surface area contributed by atoms with Gasteiger partial charge in [-0.3, -0.25) is 4.57 Å². The van der Waals surface area contributed by atoms with Crippen LogP contribution in [0.4, 0.5) is 0 Å². The molecule has 8 heteroatoms. The molecule has 0 fully saturated rings. The van der Waals surface area contributed by atoms with E-state index in [0.29, 0.717) is 5.02 Å². The molecule has 84 valence electrons. The Hall–Kier alpha value is -0.390. The second kappa shape index (κ2) is 4.23. The monoisotopic (exact) mass is 270 g/mol. The average molecular weight is 271 g/mol. The molecule has 0 aliphatic heterocycles. The van der Waals surface area contributed by atoms with Crippen molar-refractivity contribution in [3.8, 4) is 0 Å². The largest absolute Gasteiger partial charge is 0.340 e. The van der Waals surface area contributed by atoms with Crippen molar-refractivity contribution in [2.75, 3.05) is 5.49 Å². The topological polar surface area (TPSA) is 91.7 Å². The van der Waals surface area contributed by atoms with Gasteiger partial charge >= 0.3 is 7.60 Å². The predicted octanol–water partition coefficient (Wildman–Crippen LogP) is 1.25. The minimum atomic E-state index is -4.59. The zero-order chi connectivity index (χ0) is 11.7. The van der Waals surface area contributed by atoms with E-state index in [2.05, 4.69) is 0 Å². The molecular weight excluding hydrogens is 263 g/mol. The van der Waals surface area contributed by atoms with E-state index >= 15 is 0 Å². The quantitative estimate of drug-likeness (QED) is 0.807. The fraction of sp³-hybridized carbons (Fsp3) is 0.143. The molecule has 0 aromatic heterocycles. The molecule has 5 nitrogen and oxygen atoms in total. The summed E-state index contributed by atoms with van der Waals surface area (Å²) in [6.07, 6.45) is 0. The van der Waals surface area contributed by atoms with E-state index in [0.717, 1.165) is 0 Å². The predicted molar refractivity (Wildman–Crippen MR) is 55.5 cm³/mol. The fourth-order valence-electron chi connectivity index (χ4n) is 0.938. The van der Waals surface area contributed by atoms with Gasteiger partial charge in [-0.25, -0.2) is 8.42 Å². The molecule has 0 saturated heterocycles. The van der Waals surface area contributed by atoms with Gasteiger partial charge in [-0.15, -0.1) is 0 Å². The van der Waals surface area contributed by atoms with Gasteiger partial charge in [0.05, 0.1) is 4.90 Å². The van der Waals surface area contributed by atoms with Crippen LogP contribution in [0.1, 0.15) is 0 Å². The van der Waals surface area contributed by atoms with E-state index in [1.165, 1.54) is 24.3 Å². The maximum Gasteiger partial charge on any atom is 0.340 e. The fourth-order valence-corrected chi connectivity index (χ4v) is 3.98. The van der Waals surface area contributed by atoms with Crippen molar-refractivity contribution in [2.45, 2.75) is 4.90 Å². The second-order valence-corrected chi connectivity index (χ2v) is 7.36. The number of rotatable bonds is 3. The summed E-state index contributed by atoms with van der Waals surface area (Å²) >= 11 is 5.55. The highest BCUT2D eigenvalue weighted by Gasteiger charge is 2.26. The van der Waals surface area contributed by atoms with Gasteiger partial charge in [0, 0.05) is 5.02 Å². The SMILES string of the molecule is O=P(O)(O)CS(=O)(=O)c1ccc(Cl)cc1. The van der Waals surface area contributed by atoms with E-state index in [9.17, 15) is 13.0 Å². The molecule has 0 heterocycles. The Morgan fingerprint density at radius 1 is 1.20 bits per heavy atom. The number of benzene rings is 1. The van der Waals surface area contributed by atoms with E-state index in [-0.39, 0.29) is 4.90 Å². The molecule has 2 N–H and O–H groups in total. The summed E-state index contributed by atoms with van der Waals surface area (Å²) in [7, 11) is -8.54. The molecule has 0 aliphatic rings. The van der Waals surface area contributed by atoms with Crippen LogP contribution in [0, 0.1) is 0 Å². The molecule has 0 saturated carbocycles. The third-order valence-corrected chi connectivity index (χ3v) is 5.46. The van der Waals surface area contributed by atoms with Crippen LogP contribution in [0.15, 0.2) is 29.2 Å². The first-order valence-electron chi connectivity index (χ1n) is 3.74. The van der Waals surface area contributed by atoms with E-state index in [1.807, 2.05) is 0 Å². The standard InChI is InChI=1S/C7H8ClO5PS/c8-6-1-3-7(4-2-6)15(12,13)5-14(9,10)11/h1-4H,5H2,(H2,9,10,11). The third-order valence-electron chi connectivity index (χ3n) is 1.51. The van der Waals surface area contributed by atoms with E-state index < -0.39 is 22.9 Å². The Labute approximate surface area is 91.8 Å². The van der Waals surface area contributed by atoms with Crippen molar-refractivity contribution < 1.29 is 22.8 Å². The Bertz CT molecular complexity index is 489. The van der Waals surface area contributed by atoms with Gasteiger partial charge in [-0.1, -0.05) is 11.6 Å². The van der Waals surface area contributed by atoms with Gasteiger partial charge in [0.15, 0.2) is 15.3 Å². The molecule has 0 aliphatic carbocycles. The van der Waals surface area contributed by atoms with Crippen molar-refractivity contribution >= 4 is 29.0 Å². The lowest BCUT2D eigenvalue weighted by molar-refractivity contribution is 0.378. The molecule has 0 atom stereocenters. The first kappa shape index (κ1) is 12.7. The summed E-state index contributed by atoms with van der Waals surface area (Å²) in [5.41, 5.74) is -1.19. The van der Waals surface area contributed by atoms with E-state index in [4.69, 9.17) is 21.4 Å². The van der Waals surface area contributed by atoms with Gasteiger partial charge in [0.2, 0.25) is 0 Å². The highest BCUT2D eigenvalue weighted by molar-refractivity contribution is 7.97. The Balaban J connectivity index is 3.07. The number of halogens is 1. The van der Waals surface area contributed by atoms with Crippen LogP contribution in [0.5, 0.6) is 0 Å². The molecule has 1 aromatic rings. The molecule has 0 spiro atoms. The zero-order valence-electron chi connectivity index (χ0n) is 7.37. The highest BCUT2D eigenvalue weighted by atomic mass is 35.5. The summed E-state index contributed by atoms with van der Waals surface area (Å²) in [5.74, 6) is 0. The van der Waals surface area contributed by atoms with Crippen molar-refractivity contribution in [1.29, 1.82) is 0 Å². The molecule has 0 bridgehead atoms. The molecule has 1 aromatic carbocycles. The zero-order valence-corrected chi connectivity index (χ0v) is 9.84. The molecule has 0 unspecified atom stereocenters. The first-order chi connectivity index (χ1) is 6.71. The Morgan fingerprint density at radius 2 is 1.67 bits per heavy atom. The van der Waals surface area contributed by atoms with Crippen molar-refractivity contribution in [2.24, 2.45) is 0 Å². The third kappa shape index (κ3) is 3.93. The Morgan fingerprint density at radius 3 is 2.07 bits per heavy atom. The molecular formula is C7H8ClO5PS. The second-order valence-electron chi connectivity index (χ2n) is 2.86. The lowest BCUT2D eigenvalue weighted by atomic mass is 10.4. The lowest BCUT2D eigenvalue weighted by Crippen LogP contribution is -2.06. The number of hydrogen-bond acceptors (Lipinski definition) is 3. The summed E-state index contributed by atoms with van der Waals surface area (Å²) < 4.78 is 33.4. The Kier molecular flexibility index (Phi) is 3.58. The van der Waals surface area contributed by atoms with Crippen LogP contribution < -0.4 is 0 Å². The van der Waals surface area contributed by atoms with Gasteiger partial charge < -0.3 is 9.79 Å². The van der Waals surface area contributed by atoms with E-state index in [1.54, 1.807) is 0 Å².